The molecule has 0 unspecified atom stereocenters. The van der Waals surface area contributed by atoms with Crippen molar-refractivity contribution in [3.63, 3.8) is 0 Å². The first-order valence-electron chi connectivity index (χ1n) is 9.02. The van der Waals surface area contributed by atoms with Crippen LogP contribution in [0.2, 0.25) is 0 Å². The Balaban J connectivity index is 2.66. The number of hydrogen-bond acceptors (Lipinski definition) is 4. The molecule has 1 rings (SSSR count). The van der Waals surface area contributed by atoms with Crippen molar-refractivity contribution in [3.8, 4) is 11.5 Å². The number of hydrogen-bond donors (Lipinski definition) is 2. The van der Waals surface area contributed by atoms with E-state index in [-0.39, 0.29) is 0 Å². The molecule has 25 heavy (non-hydrogen) atoms. The number of ether oxygens (including phenoxy) is 2. The van der Waals surface area contributed by atoms with Crippen molar-refractivity contribution < 1.29 is 9.47 Å². The lowest BCUT2D eigenvalue weighted by Crippen LogP contribution is -2.43. The van der Waals surface area contributed by atoms with Crippen LogP contribution in [0.1, 0.15) is 33.3 Å². The predicted octanol–water partition coefficient (Wildman–Crippen LogP) is 2.49. The standard InChI is InChI=1S/C19H34N4O2/c1-7-20-19(21-11-12-23(8-2)15(3)4)22-14-16-9-10-17(24-5)18(13-16)25-6/h9-10,13,15H,7-8,11-12,14H2,1-6H3,(H2,20,21,22). The van der Waals surface area contributed by atoms with Crippen LogP contribution in [-0.4, -0.2) is 57.3 Å². The fraction of sp³-hybridized carbons (Fsp3) is 0.632. The number of nitrogens with one attached hydrogen (secondary N) is 2. The third-order valence-electron chi connectivity index (χ3n) is 4.04. The van der Waals surface area contributed by atoms with E-state index < -0.39 is 0 Å². The average Bonchev–Trinajstić information content (AvgIpc) is 2.62. The van der Waals surface area contributed by atoms with Gasteiger partial charge in [-0.1, -0.05) is 13.0 Å². The normalized spacial score (nSPS) is 11.8. The number of benzene rings is 1. The average molecular weight is 351 g/mol. The highest BCUT2D eigenvalue weighted by Gasteiger charge is 2.07. The summed E-state index contributed by atoms with van der Waals surface area (Å²) in [7, 11) is 3.28. The first-order chi connectivity index (χ1) is 12.0. The van der Waals surface area contributed by atoms with Crippen molar-refractivity contribution in [2.45, 2.75) is 40.3 Å². The van der Waals surface area contributed by atoms with Crippen LogP contribution < -0.4 is 20.1 Å². The number of guanidine groups is 1. The highest BCUT2D eigenvalue weighted by molar-refractivity contribution is 5.79. The SMILES string of the molecule is CCNC(=NCc1ccc(OC)c(OC)c1)NCCN(CC)C(C)C. The Morgan fingerprint density at radius 1 is 1.12 bits per heavy atom. The van der Waals surface area contributed by atoms with Gasteiger partial charge in [-0.3, -0.25) is 4.90 Å². The molecular weight excluding hydrogens is 316 g/mol. The van der Waals surface area contributed by atoms with Crippen LogP contribution in [-0.2, 0) is 6.54 Å². The van der Waals surface area contributed by atoms with Gasteiger partial charge in [-0.2, -0.15) is 0 Å². The molecule has 2 N–H and O–H groups in total. The molecule has 0 fully saturated rings. The summed E-state index contributed by atoms with van der Waals surface area (Å²) in [6.07, 6.45) is 0. The lowest BCUT2D eigenvalue weighted by Gasteiger charge is -2.25. The monoisotopic (exact) mass is 350 g/mol. The molecule has 0 amide bonds. The van der Waals surface area contributed by atoms with E-state index in [1.807, 2.05) is 18.2 Å². The van der Waals surface area contributed by atoms with Crippen molar-refractivity contribution in [1.82, 2.24) is 15.5 Å². The fourth-order valence-corrected chi connectivity index (χ4v) is 2.59. The zero-order chi connectivity index (χ0) is 18.7. The van der Waals surface area contributed by atoms with Crippen molar-refractivity contribution in [1.29, 1.82) is 0 Å². The molecule has 0 aliphatic rings. The second kappa shape index (κ2) is 11.6. The highest BCUT2D eigenvalue weighted by Crippen LogP contribution is 2.27. The van der Waals surface area contributed by atoms with Crippen molar-refractivity contribution in [2.24, 2.45) is 4.99 Å². The Morgan fingerprint density at radius 3 is 2.40 bits per heavy atom. The molecule has 0 bridgehead atoms. The first-order valence-corrected chi connectivity index (χ1v) is 9.02. The largest absolute Gasteiger partial charge is 0.493 e. The predicted molar refractivity (Wildman–Crippen MR) is 105 cm³/mol. The molecule has 0 aliphatic heterocycles. The van der Waals surface area contributed by atoms with E-state index >= 15 is 0 Å². The molecule has 6 nitrogen and oxygen atoms in total. The van der Waals surface area contributed by atoms with Gasteiger partial charge < -0.3 is 20.1 Å². The lowest BCUT2D eigenvalue weighted by atomic mass is 10.2. The lowest BCUT2D eigenvalue weighted by molar-refractivity contribution is 0.237. The van der Waals surface area contributed by atoms with Crippen LogP contribution in [0, 0.1) is 0 Å². The smallest absolute Gasteiger partial charge is 0.191 e. The van der Waals surface area contributed by atoms with E-state index in [1.165, 1.54) is 0 Å². The highest BCUT2D eigenvalue weighted by atomic mass is 16.5. The zero-order valence-electron chi connectivity index (χ0n) is 16.6. The summed E-state index contributed by atoms with van der Waals surface area (Å²) in [5.41, 5.74) is 1.08. The quantitative estimate of drug-likeness (QED) is 0.501. The molecule has 0 spiro atoms. The Morgan fingerprint density at radius 2 is 1.84 bits per heavy atom. The molecule has 0 aliphatic carbocycles. The van der Waals surface area contributed by atoms with Gasteiger partial charge in [0.2, 0.25) is 0 Å². The molecule has 6 heteroatoms. The topological polar surface area (TPSA) is 58.1 Å². The molecule has 1 aromatic carbocycles. The Bertz CT molecular complexity index is 532. The molecule has 0 atom stereocenters. The molecule has 1 aromatic rings. The second-order valence-electron chi connectivity index (χ2n) is 6.03. The third kappa shape index (κ3) is 7.22. The summed E-state index contributed by atoms with van der Waals surface area (Å²) in [6.45, 7) is 13.0. The summed E-state index contributed by atoms with van der Waals surface area (Å²) in [5.74, 6) is 2.29. The van der Waals surface area contributed by atoms with Gasteiger partial charge in [0.1, 0.15) is 0 Å². The molecule has 0 radical (unpaired) electrons. The van der Waals surface area contributed by atoms with Crippen LogP contribution >= 0.6 is 0 Å². The number of methoxy groups -OCH3 is 2. The summed E-state index contributed by atoms with van der Waals surface area (Å²) in [6, 6.07) is 6.43. The third-order valence-corrected chi connectivity index (χ3v) is 4.04. The number of nitrogens with zero attached hydrogens (tertiary/aromatic N) is 2. The molecule has 142 valence electrons. The van der Waals surface area contributed by atoms with Gasteiger partial charge in [-0.05, 0) is 45.0 Å². The van der Waals surface area contributed by atoms with Crippen molar-refractivity contribution in [2.75, 3.05) is 40.4 Å². The van der Waals surface area contributed by atoms with E-state index in [0.717, 1.165) is 49.2 Å². The van der Waals surface area contributed by atoms with Gasteiger partial charge in [0, 0.05) is 25.7 Å². The molecule has 0 aromatic heterocycles. The first kappa shape index (κ1) is 21.1. The van der Waals surface area contributed by atoms with Gasteiger partial charge in [0.05, 0.1) is 20.8 Å². The van der Waals surface area contributed by atoms with Gasteiger partial charge in [0.15, 0.2) is 17.5 Å². The van der Waals surface area contributed by atoms with Crippen LogP contribution in [0.25, 0.3) is 0 Å². The molecule has 0 heterocycles. The maximum absolute atomic E-state index is 5.35. The molecular formula is C19H34N4O2. The van der Waals surface area contributed by atoms with E-state index in [0.29, 0.717) is 12.6 Å². The summed E-state index contributed by atoms with van der Waals surface area (Å²) >= 11 is 0. The minimum absolute atomic E-state index is 0.554. The maximum atomic E-state index is 5.35. The Hall–Kier alpha value is -1.95. The fourth-order valence-electron chi connectivity index (χ4n) is 2.59. The summed E-state index contributed by atoms with van der Waals surface area (Å²) < 4.78 is 10.6. The van der Waals surface area contributed by atoms with Crippen LogP contribution in [0.4, 0.5) is 0 Å². The van der Waals surface area contributed by atoms with Gasteiger partial charge in [0.25, 0.3) is 0 Å². The van der Waals surface area contributed by atoms with Gasteiger partial charge >= 0.3 is 0 Å². The Labute approximate surface area is 152 Å². The summed E-state index contributed by atoms with van der Waals surface area (Å²) in [5, 5.41) is 6.69. The van der Waals surface area contributed by atoms with E-state index in [9.17, 15) is 0 Å². The second-order valence-corrected chi connectivity index (χ2v) is 6.03. The number of rotatable bonds is 10. The van der Waals surface area contributed by atoms with Gasteiger partial charge in [-0.15, -0.1) is 0 Å². The zero-order valence-corrected chi connectivity index (χ0v) is 16.6. The number of aliphatic imine (C=N–C) groups is 1. The van der Waals surface area contributed by atoms with Crippen molar-refractivity contribution >= 4 is 5.96 Å². The summed E-state index contributed by atoms with van der Waals surface area (Å²) in [4.78, 5) is 7.08. The Kier molecular flexibility index (Phi) is 9.77. The van der Waals surface area contributed by atoms with Crippen LogP contribution in [0.15, 0.2) is 23.2 Å². The minimum atomic E-state index is 0.554. The number of likely N-dealkylation sites (N-methyl/N-ethyl adjacent to an activating group) is 1. The van der Waals surface area contributed by atoms with Crippen molar-refractivity contribution in [3.05, 3.63) is 23.8 Å². The van der Waals surface area contributed by atoms with Crippen LogP contribution in [0.5, 0.6) is 11.5 Å². The molecule has 0 saturated carbocycles. The van der Waals surface area contributed by atoms with E-state index in [2.05, 4.69) is 48.2 Å². The van der Waals surface area contributed by atoms with Gasteiger partial charge in [-0.25, -0.2) is 4.99 Å². The van der Waals surface area contributed by atoms with E-state index in [1.54, 1.807) is 14.2 Å². The maximum Gasteiger partial charge on any atom is 0.191 e. The minimum Gasteiger partial charge on any atom is -0.493 e. The van der Waals surface area contributed by atoms with E-state index in [4.69, 9.17) is 9.47 Å². The van der Waals surface area contributed by atoms with Crippen LogP contribution in [0.3, 0.4) is 0 Å². The molecule has 0 saturated heterocycles.